The minimum Gasteiger partial charge on any atom is -0.461 e. The number of carbonyl (C=O) groups excluding carboxylic acids is 1. The van der Waals surface area contributed by atoms with Crippen LogP contribution < -0.4 is 0 Å². The maximum Gasteiger partial charge on any atom is 0.338 e. The lowest BCUT2D eigenvalue weighted by molar-refractivity contribution is -0.424. The summed E-state index contributed by atoms with van der Waals surface area (Å²) < 4.78 is 29.7. The molecule has 6 bridgehead atoms. The molecule has 4 heterocycles. The van der Waals surface area contributed by atoms with Crippen molar-refractivity contribution in [3.63, 3.8) is 0 Å². The maximum absolute atomic E-state index is 12.7. The van der Waals surface area contributed by atoms with Crippen LogP contribution in [-0.2, 0) is 23.7 Å². The molecule has 1 aromatic carbocycles. The van der Waals surface area contributed by atoms with Gasteiger partial charge in [0.15, 0.2) is 18.4 Å². The smallest absolute Gasteiger partial charge is 0.338 e. The molecule has 3 aliphatic carbocycles. The van der Waals surface area contributed by atoms with Crippen molar-refractivity contribution < 1.29 is 54.0 Å². The van der Waals surface area contributed by atoms with E-state index in [9.17, 15) is 30.3 Å². The quantitative estimate of drug-likeness (QED) is 0.306. The summed E-state index contributed by atoms with van der Waals surface area (Å²) in [6, 6.07) is 8.47. The van der Waals surface area contributed by atoms with E-state index in [2.05, 4.69) is 0 Å². The number of aliphatic hydroxyl groups excluding tert-OH is 4. The first kappa shape index (κ1) is 22.8. The third-order valence-electron chi connectivity index (χ3n) is 8.57. The molecular formula is C23H28O11. The van der Waals surface area contributed by atoms with Crippen LogP contribution >= 0.6 is 0 Å². The lowest BCUT2D eigenvalue weighted by Crippen LogP contribution is -2.80. The van der Waals surface area contributed by atoms with Crippen LogP contribution in [0.25, 0.3) is 0 Å². The zero-order valence-corrected chi connectivity index (χ0v) is 18.4. The molecule has 0 spiro atoms. The van der Waals surface area contributed by atoms with Gasteiger partial charge in [0, 0.05) is 12.3 Å². The van der Waals surface area contributed by atoms with E-state index < -0.39 is 77.9 Å². The van der Waals surface area contributed by atoms with E-state index in [0.29, 0.717) is 5.56 Å². The number of hydrogen-bond acceptors (Lipinski definition) is 11. The van der Waals surface area contributed by atoms with Gasteiger partial charge in [-0.15, -0.1) is 0 Å². The minimum absolute atomic E-state index is 0.0902. The van der Waals surface area contributed by atoms with Crippen LogP contribution in [-0.4, -0.2) is 98.7 Å². The van der Waals surface area contributed by atoms with Crippen LogP contribution in [0, 0.1) is 11.3 Å². The molecule has 3 saturated carbocycles. The van der Waals surface area contributed by atoms with Crippen molar-refractivity contribution >= 4 is 5.97 Å². The fourth-order valence-corrected chi connectivity index (χ4v) is 6.87. The van der Waals surface area contributed by atoms with Gasteiger partial charge in [0.1, 0.15) is 42.2 Å². The number of aliphatic hydroxyl groups is 5. The molecule has 4 unspecified atom stereocenters. The van der Waals surface area contributed by atoms with E-state index >= 15 is 0 Å². The summed E-state index contributed by atoms with van der Waals surface area (Å²) in [7, 11) is 0. The normalized spacial score (nSPS) is 52.5. The maximum atomic E-state index is 12.7. The number of carbonyl (C=O) groups is 1. The lowest BCUT2D eigenvalue weighted by Gasteiger charge is -2.67. The summed E-state index contributed by atoms with van der Waals surface area (Å²) in [6.45, 7) is 0.985. The highest BCUT2D eigenvalue weighted by Crippen LogP contribution is 2.81. The van der Waals surface area contributed by atoms with Gasteiger partial charge in [-0.25, -0.2) is 4.79 Å². The summed E-state index contributed by atoms with van der Waals surface area (Å²) in [4.78, 5) is 12.7. The van der Waals surface area contributed by atoms with Crippen LogP contribution in [0.4, 0.5) is 0 Å². The van der Waals surface area contributed by atoms with Gasteiger partial charge in [0.05, 0.1) is 17.6 Å². The molecule has 1 aromatic rings. The van der Waals surface area contributed by atoms with Gasteiger partial charge in [-0.2, -0.15) is 0 Å². The van der Waals surface area contributed by atoms with Crippen molar-refractivity contribution in [2.24, 2.45) is 11.3 Å². The monoisotopic (exact) mass is 480 g/mol. The number of hydrogen-bond donors (Lipinski definition) is 5. The Labute approximate surface area is 194 Å². The molecule has 11 nitrogen and oxygen atoms in total. The second-order valence-electron chi connectivity index (χ2n) is 10.2. The zero-order valence-electron chi connectivity index (χ0n) is 18.4. The van der Waals surface area contributed by atoms with Crippen molar-refractivity contribution in [3.05, 3.63) is 35.9 Å². The number of esters is 1. The van der Waals surface area contributed by atoms with Gasteiger partial charge in [-0.05, 0) is 25.5 Å². The molecule has 0 amide bonds. The number of rotatable bonds is 6. The van der Waals surface area contributed by atoms with Crippen molar-refractivity contribution in [1.82, 2.24) is 0 Å². The van der Waals surface area contributed by atoms with Gasteiger partial charge in [0.2, 0.25) is 0 Å². The van der Waals surface area contributed by atoms with E-state index in [1.807, 2.05) is 0 Å². The Morgan fingerprint density at radius 2 is 1.85 bits per heavy atom. The van der Waals surface area contributed by atoms with Crippen molar-refractivity contribution in [1.29, 1.82) is 0 Å². The molecule has 11 heteroatoms. The summed E-state index contributed by atoms with van der Waals surface area (Å²) in [5.41, 5.74) is -2.99. The van der Waals surface area contributed by atoms with Crippen LogP contribution in [0.3, 0.4) is 0 Å². The van der Waals surface area contributed by atoms with Gasteiger partial charge >= 0.3 is 5.97 Å². The number of ether oxygens (including phenoxy) is 5. The van der Waals surface area contributed by atoms with Crippen LogP contribution in [0.5, 0.6) is 0 Å². The highest BCUT2D eigenvalue weighted by atomic mass is 16.8. The zero-order chi connectivity index (χ0) is 24.1. The molecule has 7 aliphatic rings. The van der Waals surface area contributed by atoms with Gasteiger partial charge < -0.3 is 49.2 Å². The average Bonchev–Trinajstić information content (AvgIpc) is 3.00. The summed E-state index contributed by atoms with van der Waals surface area (Å²) >= 11 is 0. The van der Waals surface area contributed by atoms with Crippen molar-refractivity contribution in [3.8, 4) is 0 Å². The molecule has 0 radical (unpaired) electrons. The first-order valence-corrected chi connectivity index (χ1v) is 11.4. The van der Waals surface area contributed by atoms with Crippen molar-refractivity contribution in [2.45, 2.75) is 73.8 Å². The Morgan fingerprint density at radius 3 is 2.56 bits per heavy atom. The van der Waals surface area contributed by atoms with E-state index in [0.717, 1.165) is 0 Å². The summed E-state index contributed by atoms with van der Waals surface area (Å²) in [5, 5.41) is 51.7. The van der Waals surface area contributed by atoms with E-state index in [4.69, 9.17) is 23.7 Å². The number of benzene rings is 1. The highest BCUT2D eigenvalue weighted by Gasteiger charge is 2.94. The van der Waals surface area contributed by atoms with Gasteiger partial charge in [-0.1, -0.05) is 18.2 Å². The molecule has 4 aliphatic heterocycles. The summed E-state index contributed by atoms with van der Waals surface area (Å²) in [6.07, 6.45) is -7.87. The third-order valence-corrected chi connectivity index (χ3v) is 8.57. The molecule has 186 valence electrons. The topological polar surface area (TPSA) is 164 Å². The molecule has 8 rings (SSSR count). The molecule has 5 N–H and O–H groups in total. The SMILES string of the molecule is CC12C[C@]3(O)OC(O1)C1(COC(=O)c4ccccc4)[C@@H]3CC21O[C@@H]1O[C@H](CO)[C@@H](O)[C@H](O)[C@H]1O. The highest BCUT2D eigenvalue weighted by molar-refractivity contribution is 5.89. The second-order valence-corrected chi connectivity index (χ2v) is 10.2. The molecular weight excluding hydrogens is 452 g/mol. The molecule has 0 aromatic heterocycles. The van der Waals surface area contributed by atoms with Crippen LogP contribution in [0.2, 0.25) is 0 Å². The van der Waals surface area contributed by atoms with E-state index in [1.165, 1.54) is 0 Å². The standard InChI is InChI=1S/C23H28O11/c1-20-9-22(29)13-7-23(20,32-18-16(27)15(26)14(25)12(8-24)31-18)21(13,19(33-20)34-22)10-30-17(28)11-5-3-2-4-6-11/h2-6,12-16,18-19,24-27,29H,7-10H2,1H3/t12-,13+,14-,15+,16-,18+,19?,20?,21?,22+,23?/m1/s1. The molecule has 4 saturated heterocycles. The Balaban J connectivity index is 1.32. The second kappa shape index (κ2) is 7.19. The van der Waals surface area contributed by atoms with Crippen LogP contribution in [0.15, 0.2) is 30.3 Å². The van der Waals surface area contributed by atoms with E-state index in [-0.39, 0.29) is 19.4 Å². The molecule has 11 atom stereocenters. The molecule has 34 heavy (non-hydrogen) atoms. The lowest BCUT2D eigenvalue weighted by atomic mass is 9.41. The van der Waals surface area contributed by atoms with E-state index in [1.54, 1.807) is 37.3 Å². The average molecular weight is 480 g/mol. The fraction of sp³-hybridized carbons (Fsp3) is 0.696. The van der Waals surface area contributed by atoms with Gasteiger partial charge in [0.25, 0.3) is 0 Å². The molecule has 7 fully saturated rings. The first-order chi connectivity index (χ1) is 16.1. The van der Waals surface area contributed by atoms with Crippen molar-refractivity contribution in [2.75, 3.05) is 13.2 Å². The Hall–Kier alpha value is -1.67. The Bertz CT molecular complexity index is 988. The Morgan fingerprint density at radius 1 is 1.12 bits per heavy atom. The largest absolute Gasteiger partial charge is 0.461 e. The predicted octanol–water partition coefficient (Wildman–Crippen LogP) is -1.36. The first-order valence-electron chi connectivity index (χ1n) is 11.4. The van der Waals surface area contributed by atoms with Crippen LogP contribution in [0.1, 0.15) is 30.1 Å². The van der Waals surface area contributed by atoms with Gasteiger partial charge in [-0.3, -0.25) is 0 Å². The third kappa shape index (κ3) is 2.59. The summed E-state index contributed by atoms with van der Waals surface area (Å²) in [5.74, 6) is -2.49. The fourth-order valence-electron chi connectivity index (χ4n) is 6.87. The minimum atomic E-state index is -1.61. The predicted molar refractivity (Wildman–Crippen MR) is 109 cm³/mol. The Kier molecular flexibility index (Phi) is 4.81.